The van der Waals surface area contributed by atoms with Crippen molar-refractivity contribution >= 4 is 23.2 Å². The second kappa shape index (κ2) is 8.09. The fourth-order valence-electron chi connectivity index (χ4n) is 1.97. The van der Waals surface area contributed by atoms with E-state index in [1.54, 1.807) is 30.3 Å². The summed E-state index contributed by atoms with van der Waals surface area (Å²) in [5, 5.41) is 12.0. The van der Waals surface area contributed by atoms with Gasteiger partial charge in [-0.05, 0) is 18.2 Å². The van der Waals surface area contributed by atoms with Crippen LogP contribution in [-0.4, -0.2) is 26.7 Å². The smallest absolute Gasteiger partial charge is 0.262 e. The summed E-state index contributed by atoms with van der Waals surface area (Å²) in [7, 11) is 2.96. The van der Waals surface area contributed by atoms with E-state index in [1.807, 2.05) is 6.07 Å². The molecule has 24 heavy (non-hydrogen) atoms. The lowest BCUT2D eigenvalue weighted by Gasteiger charge is -2.13. The fraction of sp³-hybridized carbons (Fsp3) is 0.176. The Morgan fingerprint density at radius 3 is 2.54 bits per heavy atom. The number of halogens is 1. The summed E-state index contributed by atoms with van der Waals surface area (Å²) < 4.78 is 15.7. The number of nitrogens with one attached hydrogen (secondary N) is 1. The van der Waals surface area contributed by atoms with Crippen LogP contribution in [-0.2, 0) is 4.79 Å². The van der Waals surface area contributed by atoms with Crippen LogP contribution in [0.1, 0.15) is 5.56 Å². The summed E-state index contributed by atoms with van der Waals surface area (Å²) in [6.45, 7) is -0.258. The number of ether oxygens (including phenoxy) is 3. The van der Waals surface area contributed by atoms with Crippen molar-refractivity contribution in [3.05, 3.63) is 47.0 Å². The molecule has 2 rings (SSSR count). The van der Waals surface area contributed by atoms with E-state index >= 15 is 0 Å². The van der Waals surface area contributed by atoms with Crippen LogP contribution in [0.5, 0.6) is 17.2 Å². The number of anilines is 1. The van der Waals surface area contributed by atoms with E-state index in [0.717, 1.165) is 0 Å². The largest absolute Gasteiger partial charge is 0.495 e. The van der Waals surface area contributed by atoms with Crippen LogP contribution in [0.15, 0.2) is 36.4 Å². The predicted molar refractivity (Wildman–Crippen MR) is 89.8 cm³/mol. The van der Waals surface area contributed by atoms with Gasteiger partial charge in [0.15, 0.2) is 6.61 Å². The molecule has 0 bridgehead atoms. The number of nitrogens with zero attached hydrogens (tertiary/aromatic N) is 1. The summed E-state index contributed by atoms with van der Waals surface area (Å²) >= 11 is 6.06. The molecule has 2 aromatic rings. The van der Waals surface area contributed by atoms with Gasteiger partial charge in [-0.2, -0.15) is 5.26 Å². The molecule has 0 saturated carbocycles. The minimum Gasteiger partial charge on any atom is -0.495 e. The zero-order chi connectivity index (χ0) is 17.5. The highest BCUT2D eigenvalue weighted by molar-refractivity contribution is 6.32. The van der Waals surface area contributed by atoms with Crippen molar-refractivity contribution in [1.29, 1.82) is 5.26 Å². The molecular weight excluding hydrogens is 332 g/mol. The first kappa shape index (κ1) is 17.4. The number of amides is 1. The molecule has 0 fully saturated rings. The zero-order valence-electron chi connectivity index (χ0n) is 13.1. The molecule has 0 saturated heterocycles. The number of hydrogen-bond donors (Lipinski definition) is 1. The molecular formula is C17H15ClN2O4. The maximum absolute atomic E-state index is 12.1. The highest BCUT2D eigenvalue weighted by atomic mass is 35.5. The highest BCUT2D eigenvalue weighted by Crippen LogP contribution is 2.35. The molecule has 0 radical (unpaired) electrons. The second-order valence-corrected chi connectivity index (χ2v) is 5.04. The molecule has 2 aromatic carbocycles. The third-order valence-electron chi connectivity index (χ3n) is 3.11. The number of carbonyl (C=O) groups excluding carboxylic acids is 1. The number of rotatable bonds is 6. The maximum atomic E-state index is 12.1. The van der Waals surface area contributed by atoms with Crippen LogP contribution < -0.4 is 19.5 Å². The average molecular weight is 347 g/mol. The third-order valence-corrected chi connectivity index (χ3v) is 3.41. The molecule has 0 aliphatic carbocycles. The molecule has 0 aliphatic rings. The van der Waals surface area contributed by atoms with E-state index in [0.29, 0.717) is 33.5 Å². The lowest BCUT2D eigenvalue weighted by atomic mass is 10.2. The van der Waals surface area contributed by atoms with Crippen LogP contribution in [0.4, 0.5) is 5.69 Å². The average Bonchev–Trinajstić information content (AvgIpc) is 2.60. The van der Waals surface area contributed by atoms with Crippen molar-refractivity contribution in [2.24, 2.45) is 0 Å². The van der Waals surface area contributed by atoms with E-state index in [2.05, 4.69) is 5.32 Å². The molecule has 0 aliphatic heterocycles. The topological polar surface area (TPSA) is 80.6 Å². The summed E-state index contributed by atoms with van der Waals surface area (Å²) in [4.78, 5) is 12.1. The van der Waals surface area contributed by atoms with Gasteiger partial charge in [0, 0.05) is 6.07 Å². The Morgan fingerprint density at radius 1 is 1.17 bits per heavy atom. The first-order valence-electron chi connectivity index (χ1n) is 6.92. The molecule has 0 atom stereocenters. The van der Waals surface area contributed by atoms with Gasteiger partial charge in [-0.25, -0.2) is 0 Å². The van der Waals surface area contributed by atoms with Crippen molar-refractivity contribution in [2.75, 3.05) is 26.1 Å². The van der Waals surface area contributed by atoms with Gasteiger partial charge < -0.3 is 19.5 Å². The van der Waals surface area contributed by atoms with Crippen LogP contribution in [0.3, 0.4) is 0 Å². The first-order chi connectivity index (χ1) is 11.6. The standard InChI is InChI=1S/C17H15ClN2O4/c1-22-15-8-16(23-2)13(7-12(15)18)20-17(21)10-24-14-6-4-3-5-11(14)9-19/h3-8H,10H2,1-2H3,(H,20,21). The lowest BCUT2D eigenvalue weighted by Crippen LogP contribution is -2.20. The molecule has 0 aromatic heterocycles. The summed E-state index contributed by atoms with van der Waals surface area (Å²) in [5.74, 6) is 0.768. The minimum atomic E-state index is -0.415. The Kier molecular flexibility index (Phi) is 5.88. The molecule has 0 spiro atoms. The monoisotopic (exact) mass is 346 g/mol. The zero-order valence-corrected chi connectivity index (χ0v) is 13.9. The third kappa shape index (κ3) is 4.09. The summed E-state index contributed by atoms with van der Waals surface area (Å²) in [5.41, 5.74) is 0.751. The Hall–Kier alpha value is -2.91. The number of benzene rings is 2. The van der Waals surface area contributed by atoms with Crippen LogP contribution in [0.25, 0.3) is 0 Å². The van der Waals surface area contributed by atoms with Gasteiger partial charge in [-0.3, -0.25) is 4.79 Å². The molecule has 0 heterocycles. The van der Waals surface area contributed by atoms with Gasteiger partial charge in [0.25, 0.3) is 5.91 Å². The molecule has 0 unspecified atom stereocenters. The van der Waals surface area contributed by atoms with Crippen LogP contribution in [0.2, 0.25) is 5.02 Å². The molecule has 1 N–H and O–H groups in total. The molecule has 124 valence electrons. The molecule has 1 amide bonds. The Balaban J connectivity index is 2.07. The maximum Gasteiger partial charge on any atom is 0.262 e. The van der Waals surface area contributed by atoms with E-state index in [4.69, 9.17) is 31.1 Å². The van der Waals surface area contributed by atoms with Crippen molar-refractivity contribution in [3.8, 4) is 23.3 Å². The predicted octanol–water partition coefficient (Wildman–Crippen LogP) is 3.25. The lowest BCUT2D eigenvalue weighted by molar-refractivity contribution is -0.118. The molecule has 6 nitrogen and oxygen atoms in total. The van der Waals surface area contributed by atoms with E-state index in [9.17, 15) is 4.79 Å². The quantitative estimate of drug-likeness (QED) is 0.868. The van der Waals surface area contributed by atoms with Gasteiger partial charge in [0.2, 0.25) is 0 Å². The number of para-hydroxylation sites is 1. The van der Waals surface area contributed by atoms with Crippen LogP contribution >= 0.6 is 11.6 Å². The fourth-order valence-corrected chi connectivity index (χ4v) is 2.21. The van der Waals surface area contributed by atoms with Gasteiger partial charge in [0.1, 0.15) is 23.3 Å². The number of methoxy groups -OCH3 is 2. The Morgan fingerprint density at radius 2 is 1.88 bits per heavy atom. The minimum absolute atomic E-state index is 0.258. The van der Waals surface area contributed by atoms with Gasteiger partial charge >= 0.3 is 0 Å². The first-order valence-corrected chi connectivity index (χ1v) is 7.30. The highest BCUT2D eigenvalue weighted by Gasteiger charge is 2.13. The Labute approximate surface area is 144 Å². The van der Waals surface area contributed by atoms with E-state index < -0.39 is 5.91 Å². The van der Waals surface area contributed by atoms with Crippen LogP contribution in [0, 0.1) is 11.3 Å². The molecule has 7 heteroatoms. The van der Waals surface area contributed by atoms with Crippen molar-refractivity contribution in [3.63, 3.8) is 0 Å². The van der Waals surface area contributed by atoms with Gasteiger partial charge in [-0.15, -0.1) is 0 Å². The van der Waals surface area contributed by atoms with Gasteiger partial charge in [-0.1, -0.05) is 23.7 Å². The van der Waals surface area contributed by atoms with Crippen molar-refractivity contribution in [1.82, 2.24) is 0 Å². The second-order valence-electron chi connectivity index (χ2n) is 4.63. The number of nitriles is 1. The number of hydrogen-bond acceptors (Lipinski definition) is 5. The van der Waals surface area contributed by atoms with E-state index in [1.165, 1.54) is 20.3 Å². The summed E-state index contributed by atoms with van der Waals surface area (Å²) in [6.07, 6.45) is 0. The number of carbonyl (C=O) groups is 1. The van der Waals surface area contributed by atoms with Crippen molar-refractivity contribution in [2.45, 2.75) is 0 Å². The summed E-state index contributed by atoms with van der Waals surface area (Å²) in [6, 6.07) is 11.8. The SMILES string of the molecule is COc1cc(OC)c(NC(=O)COc2ccccc2C#N)cc1Cl. The van der Waals surface area contributed by atoms with E-state index in [-0.39, 0.29) is 6.61 Å². The van der Waals surface area contributed by atoms with Gasteiger partial charge in [0.05, 0.1) is 30.5 Å². The van der Waals surface area contributed by atoms with Crippen molar-refractivity contribution < 1.29 is 19.0 Å². The normalized spacial score (nSPS) is 9.75. The Bertz CT molecular complexity index is 787.